The van der Waals surface area contributed by atoms with Crippen LogP contribution in [0.1, 0.15) is 11.3 Å². The van der Waals surface area contributed by atoms with Gasteiger partial charge in [0.1, 0.15) is 12.3 Å². The molecule has 0 aliphatic heterocycles. The van der Waals surface area contributed by atoms with Gasteiger partial charge < -0.3 is 14.2 Å². The van der Waals surface area contributed by atoms with Gasteiger partial charge in [0.2, 0.25) is 5.91 Å². The van der Waals surface area contributed by atoms with Gasteiger partial charge in [0.25, 0.3) is 0 Å². The van der Waals surface area contributed by atoms with Gasteiger partial charge in [-0.2, -0.15) is 0 Å². The fraction of sp³-hybridized carbons (Fsp3) is 0.250. The highest BCUT2D eigenvalue weighted by Gasteiger charge is 2.16. The molecule has 1 heterocycles. The van der Waals surface area contributed by atoms with Crippen molar-refractivity contribution in [1.82, 2.24) is 9.47 Å². The van der Waals surface area contributed by atoms with Crippen molar-refractivity contribution in [3.05, 3.63) is 64.3 Å². The fourth-order valence-corrected chi connectivity index (χ4v) is 3.49. The van der Waals surface area contributed by atoms with Crippen LogP contribution >= 0.6 is 15.9 Å². The average molecular weight is 401 g/mol. The second-order valence-electron chi connectivity index (χ2n) is 6.10. The van der Waals surface area contributed by atoms with E-state index >= 15 is 0 Å². The molecule has 25 heavy (non-hydrogen) atoms. The molecule has 0 unspecified atom stereocenters. The normalized spacial score (nSPS) is 10.9. The Balaban J connectivity index is 1.76. The molecular weight excluding hydrogens is 380 g/mol. The van der Waals surface area contributed by atoms with E-state index in [4.69, 9.17) is 4.74 Å². The minimum absolute atomic E-state index is 0.0761. The molecule has 0 fully saturated rings. The van der Waals surface area contributed by atoms with Gasteiger partial charge in [0.15, 0.2) is 0 Å². The number of ether oxygens (including phenoxy) is 1. The number of rotatable bonds is 5. The second-order valence-corrected chi connectivity index (χ2v) is 6.89. The number of benzene rings is 2. The zero-order valence-corrected chi connectivity index (χ0v) is 16.2. The Kier molecular flexibility index (Phi) is 5.13. The van der Waals surface area contributed by atoms with E-state index in [9.17, 15) is 4.79 Å². The van der Waals surface area contributed by atoms with Crippen LogP contribution in [0.4, 0.5) is 0 Å². The molecule has 0 N–H and O–H groups in total. The summed E-state index contributed by atoms with van der Waals surface area (Å²) in [6.07, 6.45) is 0. The number of nitrogens with zero attached hydrogens (tertiary/aromatic N) is 2. The molecule has 0 bridgehead atoms. The molecule has 0 atom stereocenters. The lowest BCUT2D eigenvalue weighted by Gasteiger charge is -2.19. The van der Waals surface area contributed by atoms with Gasteiger partial charge in [0, 0.05) is 34.7 Å². The standard InChI is InChI=1S/C20H21BrN2O2/c1-14-20(21)17-6-4-5-7-18(17)23(14)13-19(24)22(2)12-15-8-10-16(25-3)11-9-15/h4-11H,12-13H2,1-3H3. The van der Waals surface area contributed by atoms with E-state index in [-0.39, 0.29) is 5.91 Å². The summed E-state index contributed by atoms with van der Waals surface area (Å²) in [5.74, 6) is 0.893. The number of para-hydroxylation sites is 1. The first-order valence-electron chi connectivity index (χ1n) is 8.11. The number of methoxy groups -OCH3 is 1. The van der Waals surface area contributed by atoms with Crippen molar-refractivity contribution in [2.75, 3.05) is 14.2 Å². The highest BCUT2D eigenvalue weighted by Crippen LogP contribution is 2.30. The molecule has 4 nitrogen and oxygen atoms in total. The molecule has 3 rings (SSSR count). The van der Waals surface area contributed by atoms with Crippen molar-refractivity contribution in [2.45, 2.75) is 20.0 Å². The maximum atomic E-state index is 12.7. The van der Waals surface area contributed by atoms with Crippen molar-refractivity contribution in [2.24, 2.45) is 0 Å². The van der Waals surface area contributed by atoms with Crippen molar-refractivity contribution < 1.29 is 9.53 Å². The Hall–Kier alpha value is -2.27. The Bertz CT molecular complexity index is 900. The molecule has 2 aromatic carbocycles. The lowest BCUT2D eigenvalue weighted by Crippen LogP contribution is -2.30. The number of hydrogen-bond acceptors (Lipinski definition) is 2. The van der Waals surface area contributed by atoms with Gasteiger partial charge in [-0.15, -0.1) is 0 Å². The van der Waals surface area contributed by atoms with Crippen molar-refractivity contribution >= 4 is 32.7 Å². The Labute approximate surface area is 156 Å². The lowest BCUT2D eigenvalue weighted by atomic mass is 10.2. The van der Waals surface area contributed by atoms with Crippen molar-refractivity contribution in [3.63, 3.8) is 0 Å². The van der Waals surface area contributed by atoms with Gasteiger partial charge in [0.05, 0.1) is 7.11 Å². The van der Waals surface area contributed by atoms with Crippen LogP contribution in [-0.4, -0.2) is 29.5 Å². The SMILES string of the molecule is COc1ccc(CN(C)C(=O)Cn2c(C)c(Br)c3ccccc32)cc1. The van der Waals surface area contributed by atoms with E-state index < -0.39 is 0 Å². The molecule has 0 aliphatic carbocycles. The fourth-order valence-electron chi connectivity index (χ4n) is 2.94. The number of likely N-dealkylation sites (N-methyl/N-ethyl adjacent to an activating group) is 1. The molecule has 1 aromatic heterocycles. The highest BCUT2D eigenvalue weighted by molar-refractivity contribution is 9.10. The second kappa shape index (κ2) is 7.31. The zero-order chi connectivity index (χ0) is 18.0. The molecule has 5 heteroatoms. The van der Waals surface area contributed by atoms with Crippen LogP contribution in [0.3, 0.4) is 0 Å². The quantitative estimate of drug-likeness (QED) is 0.636. The predicted octanol–water partition coefficient (Wildman–Crippen LogP) is 4.38. The third-order valence-corrected chi connectivity index (χ3v) is 5.45. The first-order chi connectivity index (χ1) is 12.0. The molecule has 0 saturated carbocycles. The summed E-state index contributed by atoms with van der Waals surface area (Å²) in [6.45, 7) is 2.92. The number of fused-ring (bicyclic) bond motifs is 1. The summed E-state index contributed by atoms with van der Waals surface area (Å²) < 4.78 is 8.28. The molecule has 0 saturated heterocycles. The van der Waals surface area contributed by atoms with E-state index in [1.54, 1.807) is 12.0 Å². The number of aromatic nitrogens is 1. The number of carbonyl (C=O) groups excluding carboxylic acids is 1. The summed E-state index contributed by atoms with van der Waals surface area (Å²) in [5, 5.41) is 1.13. The summed E-state index contributed by atoms with van der Waals surface area (Å²) in [5.41, 5.74) is 3.21. The average Bonchev–Trinajstić information content (AvgIpc) is 2.87. The van der Waals surface area contributed by atoms with Gasteiger partial charge in [-0.3, -0.25) is 4.79 Å². The van der Waals surface area contributed by atoms with E-state index in [0.29, 0.717) is 13.1 Å². The number of carbonyl (C=O) groups is 1. The lowest BCUT2D eigenvalue weighted by molar-refractivity contribution is -0.131. The van der Waals surface area contributed by atoms with Gasteiger partial charge in [-0.1, -0.05) is 30.3 Å². The molecule has 130 valence electrons. The number of amides is 1. The van der Waals surface area contributed by atoms with Crippen LogP contribution in [0.15, 0.2) is 53.0 Å². The van der Waals surface area contributed by atoms with Crippen LogP contribution < -0.4 is 4.74 Å². The number of hydrogen-bond donors (Lipinski definition) is 0. The van der Waals surface area contributed by atoms with Crippen molar-refractivity contribution in [1.29, 1.82) is 0 Å². The molecule has 1 amide bonds. The van der Waals surface area contributed by atoms with Crippen LogP contribution in [-0.2, 0) is 17.9 Å². The smallest absolute Gasteiger partial charge is 0.242 e. The van der Waals surface area contributed by atoms with Gasteiger partial charge in [-0.05, 0) is 46.6 Å². The summed E-state index contributed by atoms with van der Waals surface area (Å²) in [7, 11) is 3.48. The molecule has 0 spiro atoms. The monoisotopic (exact) mass is 400 g/mol. The number of halogens is 1. The molecule has 0 radical (unpaired) electrons. The predicted molar refractivity (Wildman–Crippen MR) is 104 cm³/mol. The first-order valence-corrected chi connectivity index (χ1v) is 8.90. The summed E-state index contributed by atoms with van der Waals surface area (Å²) in [4.78, 5) is 14.5. The van der Waals surface area contributed by atoms with E-state index in [1.165, 1.54) is 0 Å². The minimum atomic E-state index is 0.0761. The maximum Gasteiger partial charge on any atom is 0.242 e. The third-order valence-electron chi connectivity index (χ3n) is 4.45. The van der Waals surface area contributed by atoms with Crippen LogP contribution in [0.2, 0.25) is 0 Å². The maximum absolute atomic E-state index is 12.7. The molecular formula is C20H21BrN2O2. The third kappa shape index (κ3) is 3.56. The Morgan fingerprint density at radius 1 is 1.16 bits per heavy atom. The van der Waals surface area contributed by atoms with Gasteiger partial charge >= 0.3 is 0 Å². The van der Waals surface area contributed by atoms with Crippen LogP contribution in [0, 0.1) is 6.92 Å². The minimum Gasteiger partial charge on any atom is -0.497 e. The Morgan fingerprint density at radius 3 is 2.52 bits per heavy atom. The summed E-state index contributed by atoms with van der Waals surface area (Å²) >= 11 is 3.64. The largest absolute Gasteiger partial charge is 0.497 e. The molecule has 0 aliphatic rings. The first kappa shape index (κ1) is 17.5. The van der Waals surface area contributed by atoms with E-state index in [2.05, 4.69) is 26.6 Å². The van der Waals surface area contributed by atoms with Crippen LogP contribution in [0.5, 0.6) is 5.75 Å². The summed E-state index contributed by atoms with van der Waals surface area (Å²) in [6, 6.07) is 15.9. The molecule has 3 aromatic rings. The van der Waals surface area contributed by atoms with Crippen molar-refractivity contribution in [3.8, 4) is 5.75 Å². The highest BCUT2D eigenvalue weighted by atomic mass is 79.9. The van der Waals surface area contributed by atoms with E-state index in [0.717, 1.165) is 32.4 Å². The topological polar surface area (TPSA) is 34.5 Å². The van der Waals surface area contributed by atoms with Gasteiger partial charge in [-0.25, -0.2) is 0 Å². The zero-order valence-electron chi connectivity index (χ0n) is 14.6. The Morgan fingerprint density at radius 2 is 1.84 bits per heavy atom. The van der Waals surface area contributed by atoms with Crippen LogP contribution in [0.25, 0.3) is 10.9 Å². The van der Waals surface area contributed by atoms with E-state index in [1.807, 2.05) is 56.4 Å².